The third-order valence-electron chi connectivity index (χ3n) is 2.72. The lowest BCUT2D eigenvalue weighted by molar-refractivity contribution is -0.118. The van der Waals surface area contributed by atoms with E-state index in [0.717, 1.165) is 29.4 Å². The van der Waals surface area contributed by atoms with Gasteiger partial charge in [0.2, 0.25) is 12.7 Å². The Hall–Kier alpha value is -1.82. The van der Waals surface area contributed by atoms with Crippen LogP contribution < -0.4 is 19.5 Å². The van der Waals surface area contributed by atoms with E-state index < -0.39 is 0 Å². The zero-order chi connectivity index (χ0) is 14.9. The molecule has 114 valence electrons. The number of nitrogens with one attached hydrogen (secondary N) is 1. The first-order chi connectivity index (χ1) is 10.3. The Balaban J connectivity index is 1.56. The van der Waals surface area contributed by atoms with Gasteiger partial charge in [0.05, 0.1) is 12.4 Å². The van der Waals surface area contributed by atoms with Crippen molar-refractivity contribution in [2.24, 2.45) is 0 Å². The summed E-state index contributed by atoms with van der Waals surface area (Å²) in [6.45, 7) is 4.95. The van der Waals surface area contributed by atoms with E-state index in [1.54, 1.807) is 17.8 Å². The van der Waals surface area contributed by atoms with E-state index >= 15 is 0 Å². The number of ether oxygens (including phenoxy) is 3. The maximum atomic E-state index is 11.3. The fraction of sp³-hybridized carbons (Fsp3) is 0.400. The first-order valence-corrected chi connectivity index (χ1v) is 7.93. The molecule has 1 N–H and O–H groups in total. The van der Waals surface area contributed by atoms with Gasteiger partial charge in [0.1, 0.15) is 5.75 Å². The van der Waals surface area contributed by atoms with Crippen LogP contribution in [0.25, 0.3) is 0 Å². The molecule has 1 aromatic rings. The average molecular weight is 309 g/mol. The number of carbonyl (C=O) groups excluding carboxylic acids is 1. The Labute approximate surface area is 128 Å². The molecular formula is C15H19NO4S. The molecule has 0 spiro atoms. The van der Waals surface area contributed by atoms with Crippen molar-refractivity contribution < 1.29 is 19.0 Å². The van der Waals surface area contributed by atoms with Gasteiger partial charge in [-0.05, 0) is 24.3 Å². The second-order valence-corrected chi connectivity index (χ2v) is 5.47. The van der Waals surface area contributed by atoms with Gasteiger partial charge in [0, 0.05) is 12.6 Å². The Bertz CT molecular complexity index is 493. The predicted octanol–water partition coefficient (Wildman–Crippen LogP) is 2.22. The number of carbonyl (C=O) groups is 1. The van der Waals surface area contributed by atoms with Crippen LogP contribution in [0.15, 0.2) is 30.9 Å². The molecule has 0 atom stereocenters. The van der Waals surface area contributed by atoms with Crippen molar-refractivity contribution in [3.63, 3.8) is 0 Å². The van der Waals surface area contributed by atoms with Gasteiger partial charge in [-0.15, -0.1) is 6.58 Å². The van der Waals surface area contributed by atoms with Crippen LogP contribution in [0.3, 0.4) is 0 Å². The minimum atomic E-state index is 0.0385. The first kappa shape index (κ1) is 15.6. The van der Waals surface area contributed by atoms with Gasteiger partial charge in [-0.3, -0.25) is 4.79 Å². The van der Waals surface area contributed by atoms with Crippen LogP contribution in [0.1, 0.15) is 6.42 Å². The lowest BCUT2D eigenvalue weighted by atomic mass is 10.3. The van der Waals surface area contributed by atoms with Gasteiger partial charge < -0.3 is 19.5 Å². The van der Waals surface area contributed by atoms with Crippen molar-refractivity contribution in [2.45, 2.75) is 6.42 Å². The summed E-state index contributed by atoms with van der Waals surface area (Å²) >= 11 is 1.60. The highest BCUT2D eigenvalue weighted by Crippen LogP contribution is 2.35. The monoisotopic (exact) mass is 309 g/mol. The van der Waals surface area contributed by atoms with E-state index in [4.69, 9.17) is 14.2 Å². The zero-order valence-corrected chi connectivity index (χ0v) is 12.6. The summed E-state index contributed by atoms with van der Waals surface area (Å²) in [5, 5.41) is 2.74. The molecule has 1 amide bonds. The molecular weight excluding hydrogens is 290 g/mol. The van der Waals surface area contributed by atoms with Crippen molar-refractivity contribution in [1.29, 1.82) is 0 Å². The predicted molar refractivity (Wildman–Crippen MR) is 83.2 cm³/mol. The molecule has 0 saturated carbocycles. The second-order valence-electron chi connectivity index (χ2n) is 4.36. The van der Waals surface area contributed by atoms with Gasteiger partial charge in [-0.25, -0.2) is 0 Å². The molecule has 1 heterocycles. The standard InChI is InChI=1S/C15H19NO4S/c1-2-6-16-15(17)10-21-8-3-7-18-12-4-5-13-14(9-12)20-11-19-13/h2,4-5,9H,1,3,6-8,10-11H2,(H,16,17). The minimum Gasteiger partial charge on any atom is -0.493 e. The second kappa shape index (κ2) is 8.46. The van der Waals surface area contributed by atoms with E-state index in [0.29, 0.717) is 18.9 Å². The number of benzene rings is 1. The molecule has 2 rings (SSSR count). The molecule has 5 nitrogen and oxygen atoms in total. The fourth-order valence-electron chi connectivity index (χ4n) is 1.72. The van der Waals surface area contributed by atoms with Gasteiger partial charge in [-0.2, -0.15) is 11.8 Å². The maximum Gasteiger partial charge on any atom is 0.231 e. The average Bonchev–Trinajstić information content (AvgIpc) is 2.96. The molecule has 1 aliphatic rings. The number of hydrogen-bond acceptors (Lipinski definition) is 5. The molecule has 0 saturated heterocycles. The van der Waals surface area contributed by atoms with Crippen LogP contribution in [0.2, 0.25) is 0 Å². The number of thioether (sulfide) groups is 1. The normalized spacial score (nSPS) is 12.0. The number of fused-ring (bicyclic) bond motifs is 1. The molecule has 0 radical (unpaired) electrons. The quantitative estimate of drug-likeness (QED) is 0.560. The SMILES string of the molecule is C=CCNC(=O)CSCCCOc1ccc2c(c1)OCO2. The van der Waals surface area contributed by atoms with Crippen LogP contribution in [0.4, 0.5) is 0 Å². The lowest BCUT2D eigenvalue weighted by Gasteiger charge is -2.07. The summed E-state index contributed by atoms with van der Waals surface area (Å²) in [5.74, 6) is 3.64. The van der Waals surface area contributed by atoms with Gasteiger partial charge in [0.25, 0.3) is 0 Å². The third kappa shape index (κ3) is 5.23. The van der Waals surface area contributed by atoms with Crippen LogP contribution in [-0.2, 0) is 4.79 Å². The summed E-state index contributed by atoms with van der Waals surface area (Å²) in [5.41, 5.74) is 0. The van der Waals surface area contributed by atoms with Crippen LogP contribution in [0, 0.1) is 0 Å². The van der Waals surface area contributed by atoms with Gasteiger partial charge in [0.15, 0.2) is 11.5 Å². The van der Waals surface area contributed by atoms with Crippen LogP contribution in [-0.4, -0.2) is 37.4 Å². The molecule has 0 aromatic heterocycles. The summed E-state index contributed by atoms with van der Waals surface area (Å²) in [4.78, 5) is 11.3. The van der Waals surface area contributed by atoms with Crippen molar-refractivity contribution in [1.82, 2.24) is 5.32 Å². The highest BCUT2D eigenvalue weighted by Gasteiger charge is 2.13. The summed E-state index contributed by atoms with van der Waals surface area (Å²) < 4.78 is 16.2. The van der Waals surface area contributed by atoms with Crippen LogP contribution >= 0.6 is 11.8 Å². The zero-order valence-electron chi connectivity index (χ0n) is 11.8. The van der Waals surface area contributed by atoms with Crippen LogP contribution in [0.5, 0.6) is 17.2 Å². The van der Waals surface area contributed by atoms with Crippen molar-refractivity contribution >= 4 is 17.7 Å². The summed E-state index contributed by atoms with van der Waals surface area (Å²) in [7, 11) is 0. The Morgan fingerprint density at radius 1 is 1.43 bits per heavy atom. The van der Waals surface area contributed by atoms with Gasteiger partial charge in [-0.1, -0.05) is 6.08 Å². The Kier molecular flexibility index (Phi) is 6.27. The first-order valence-electron chi connectivity index (χ1n) is 6.77. The maximum absolute atomic E-state index is 11.3. The molecule has 0 unspecified atom stereocenters. The van der Waals surface area contributed by atoms with E-state index in [1.165, 1.54) is 0 Å². The topological polar surface area (TPSA) is 56.8 Å². The highest BCUT2D eigenvalue weighted by atomic mass is 32.2. The van der Waals surface area contributed by atoms with Crippen molar-refractivity contribution in [3.05, 3.63) is 30.9 Å². The van der Waals surface area contributed by atoms with Crippen molar-refractivity contribution in [3.8, 4) is 17.2 Å². The molecule has 0 aliphatic carbocycles. The smallest absolute Gasteiger partial charge is 0.231 e. The number of hydrogen-bond donors (Lipinski definition) is 1. The molecule has 1 aliphatic heterocycles. The highest BCUT2D eigenvalue weighted by molar-refractivity contribution is 7.99. The Morgan fingerprint density at radius 3 is 3.14 bits per heavy atom. The molecule has 0 fully saturated rings. The molecule has 0 bridgehead atoms. The van der Waals surface area contributed by atoms with E-state index in [1.807, 2.05) is 18.2 Å². The Morgan fingerprint density at radius 2 is 2.29 bits per heavy atom. The van der Waals surface area contributed by atoms with Gasteiger partial charge >= 0.3 is 0 Å². The molecule has 6 heteroatoms. The third-order valence-corrected chi connectivity index (χ3v) is 3.77. The number of amides is 1. The van der Waals surface area contributed by atoms with E-state index in [-0.39, 0.29) is 12.7 Å². The lowest BCUT2D eigenvalue weighted by Crippen LogP contribution is -2.25. The minimum absolute atomic E-state index is 0.0385. The fourth-order valence-corrected chi connectivity index (χ4v) is 2.47. The van der Waals surface area contributed by atoms with E-state index in [9.17, 15) is 4.79 Å². The summed E-state index contributed by atoms with van der Waals surface area (Å²) in [6, 6.07) is 5.54. The number of rotatable bonds is 9. The molecule has 21 heavy (non-hydrogen) atoms. The summed E-state index contributed by atoms with van der Waals surface area (Å²) in [6.07, 6.45) is 2.55. The van der Waals surface area contributed by atoms with Crippen molar-refractivity contribution in [2.75, 3.05) is 31.5 Å². The largest absolute Gasteiger partial charge is 0.493 e. The molecule has 1 aromatic carbocycles. The van der Waals surface area contributed by atoms with E-state index in [2.05, 4.69) is 11.9 Å².